The van der Waals surface area contributed by atoms with Gasteiger partial charge in [-0.1, -0.05) is 230 Å². The van der Waals surface area contributed by atoms with E-state index in [1.54, 1.807) is 6.08 Å². The van der Waals surface area contributed by atoms with Crippen molar-refractivity contribution >= 4 is 13.7 Å². The standard InChI is InChI=1S/C65H109N2O6P/c1-6-8-10-12-14-16-18-20-21-22-23-24-25-26-27-28-29-30-31-32-33-34-35-36-37-38-39-40-41-42-43-44-45-47-49-51-53-55-57-59-65(69)66-63(62-73-74(70,71)72-61-60-67(3,4)5)64(68)58-56-54-52-50-48-46-19-17-15-13-11-9-7-2/h8,10,14-17,20-21,23-24,26-27,29-30,32-33,35-36,38-39,48,50,56,58,63-64,68H,6-7,9,11-13,18-19,22,25,28,31,34,37,40-47,49,51-55,57,59-62H2,1-5H3,(H-,66,69,70,71)/b10-8-,16-14-,17-15+,21-20-,24-23-,27-26-,30-29-,33-32-,36-35-,39-38-,50-48+,58-56+. The minimum atomic E-state index is -4.61. The van der Waals surface area contributed by atoms with E-state index in [0.717, 1.165) is 116 Å². The third kappa shape index (κ3) is 56.1. The summed E-state index contributed by atoms with van der Waals surface area (Å²) in [6, 6.07) is -0.920. The molecule has 0 aliphatic carbocycles. The molecule has 0 aromatic heterocycles. The zero-order valence-corrected chi connectivity index (χ0v) is 48.6. The molecule has 74 heavy (non-hydrogen) atoms. The average Bonchev–Trinajstić information content (AvgIpc) is 3.36. The average molecular weight is 1050 g/mol. The molecular formula is C65H109N2O6P. The smallest absolute Gasteiger partial charge is 0.268 e. The Bertz CT molecular complexity index is 1710. The number of aliphatic hydroxyl groups excluding tert-OH is 1. The first-order valence-corrected chi connectivity index (χ1v) is 30.7. The third-order valence-electron chi connectivity index (χ3n) is 12.0. The molecule has 0 bridgehead atoms. The summed E-state index contributed by atoms with van der Waals surface area (Å²) in [7, 11) is 1.21. The van der Waals surface area contributed by atoms with Crippen LogP contribution in [0.4, 0.5) is 0 Å². The van der Waals surface area contributed by atoms with Crippen molar-refractivity contribution in [3.63, 3.8) is 0 Å². The molecule has 0 aliphatic rings. The van der Waals surface area contributed by atoms with E-state index in [9.17, 15) is 19.4 Å². The zero-order valence-electron chi connectivity index (χ0n) is 47.7. The lowest BCUT2D eigenvalue weighted by Crippen LogP contribution is -2.45. The Morgan fingerprint density at radius 2 is 0.838 bits per heavy atom. The summed E-state index contributed by atoms with van der Waals surface area (Å²) >= 11 is 0. The highest BCUT2D eigenvalue weighted by Crippen LogP contribution is 2.38. The van der Waals surface area contributed by atoms with Gasteiger partial charge in [0, 0.05) is 6.42 Å². The number of hydrogen-bond donors (Lipinski definition) is 2. The Balaban J connectivity index is 4.12. The molecule has 0 radical (unpaired) electrons. The lowest BCUT2D eigenvalue weighted by Gasteiger charge is -2.29. The van der Waals surface area contributed by atoms with Crippen molar-refractivity contribution in [3.05, 3.63) is 146 Å². The number of hydrogen-bond acceptors (Lipinski definition) is 6. The van der Waals surface area contributed by atoms with Gasteiger partial charge < -0.3 is 28.8 Å². The molecule has 0 rings (SSSR count). The van der Waals surface area contributed by atoms with E-state index in [1.165, 1.54) is 70.6 Å². The maximum absolute atomic E-state index is 12.9. The van der Waals surface area contributed by atoms with Crippen molar-refractivity contribution in [2.24, 2.45) is 0 Å². The first-order chi connectivity index (χ1) is 36.0. The number of carbonyl (C=O) groups is 1. The fourth-order valence-corrected chi connectivity index (χ4v) is 8.19. The van der Waals surface area contributed by atoms with Crippen LogP contribution in [0.3, 0.4) is 0 Å². The molecule has 3 atom stereocenters. The Hall–Kier alpha value is -3.62. The van der Waals surface area contributed by atoms with Gasteiger partial charge in [-0.3, -0.25) is 9.36 Å². The maximum atomic E-state index is 12.9. The minimum absolute atomic E-state index is 0.0165. The summed E-state index contributed by atoms with van der Waals surface area (Å²) in [5, 5.41) is 13.8. The second-order valence-corrected chi connectivity index (χ2v) is 21.7. The molecule has 0 aromatic carbocycles. The number of aliphatic hydroxyl groups is 1. The highest BCUT2D eigenvalue weighted by Gasteiger charge is 2.23. The third-order valence-corrected chi connectivity index (χ3v) is 13.0. The van der Waals surface area contributed by atoms with Crippen LogP contribution in [0.25, 0.3) is 0 Å². The molecule has 0 fully saturated rings. The van der Waals surface area contributed by atoms with Gasteiger partial charge in [0.25, 0.3) is 7.82 Å². The Kier molecular flexibility index (Phi) is 51.5. The van der Waals surface area contributed by atoms with Crippen LogP contribution in [0.1, 0.15) is 206 Å². The number of amides is 1. The van der Waals surface area contributed by atoms with E-state index in [0.29, 0.717) is 17.4 Å². The molecule has 0 saturated heterocycles. The van der Waals surface area contributed by atoms with Gasteiger partial charge in [0.15, 0.2) is 0 Å². The van der Waals surface area contributed by atoms with Crippen LogP contribution in [0, 0.1) is 0 Å². The van der Waals surface area contributed by atoms with Crippen molar-refractivity contribution in [1.29, 1.82) is 0 Å². The predicted octanol–water partition coefficient (Wildman–Crippen LogP) is 17.5. The summed E-state index contributed by atoms with van der Waals surface area (Å²) in [4.78, 5) is 25.4. The van der Waals surface area contributed by atoms with E-state index in [1.807, 2.05) is 27.2 Å². The maximum Gasteiger partial charge on any atom is 0.268 e. The fourth-order valence-electron chi connectivity index (χ4n) is 7.47. The number of allylic oxidation sites excluding steroid dienone is 23. The summed E-state index contributed by atoms with van der Waals surface area (Å²) in [5.41, 5.74) is 0. The summed E-state index contributed by atoms with van der Waals surface area (Å²) < 4.78 is 23.3. The first-order valence-electron chi connectivity index (χ1n) is 29.2. The number of rotatable bonds is 51. The molecule has 9 heteroatoms. The SMILES string of the molecule is CC/C=C\C/C=C\C/C=C\C/C=C\C/C=C\C/C=C\C/C=C\C/C=C\C/C=C\CCCCCCCCCCCCCC(=O)NC(COP(=O)([O-])OCC[N+](C)(C)C)C(O)/C=C/CC/C=C/CC/C=C/CCCCC. The van der Waals surface area contributed by atoms with E-state index in [2.05, 4.69) is 153 Å². The highest BCUT2D eigenvalue weighted by atomic mass is 31.2. The van der Waals surface area contributed by atoms with Crippen LogP contribution >= 0.6 is 7.82 Å². The van der Waals surface area contributed by atoms with Gasteiger partial charge in [0.2, 0.25) is 5.91 Å². The van der Waals surface area contributed by atoms with Crippen LogP contribution < -0.4 is 10.2 Å². The molecule has 1 amide bonds. The number of likely N-dealkylation sites (N-methyl/N-ethyl adjacent to an activating group) is 1. The molecular weight excluding hydrogens is 936 g/mol. The predicted molar refractivity (Wildman–Crippen MR) is 320 cm³/mol. The molecule has 2 N–H and O–H groups in total. The molecule has 8 nitrogen and oxygen atoms in total. The number of nitrogens with zero attached hydrogens (tertiary/aromatic N) is 1. The molecule has 3 unspecified atom stereocenters. The second kappa shape index (κ2) is 54.2. The summed E-state index contributed by atoms with van der Waals surface area (Å²) in [6.07, 6.45) is 83.6. The van der Waals surface area contributed by atoms with Gasteiger partial charge in [-0.25, -0.2) is 0 Å². The van der Waals surface area contributed by atoms with Crippen molar-refractivity contribution in [2.75, 3.05) is 40.9 Å². The second-order valence-electron chi connectivity index (χ2n) is 20.2. The van der Waals surface area contributed by atoms with Gasteiger partial charge >= 0.3 is 0 Å². The molecule has 0 saturated carbocycles. The Labute approximate surface area is 455 Å². The molecule has 0 spiro atoms. The van der Waals surface area contributed by atoms with Crippen molar-refractivity contribution in [2.45, 2.75) is 219 Å². The van der Waals surface area contributed by atoms with E-state index >= 15 is 0 Å². The largest absolute Gasteiger partial charge is 0.756 e. The Morgan fingerprint density at radius 3 is 1.26 bits per heavy atom. The Morgan fingerprint density at radius 1 is 0.486 bits per heavy atom. The monoisotopic (exact) mass is 1040 g/mol. The van der Waals surface area contributed by atoms with E-state index < -0.39 is 26.6 Å². The first kappa shape index (κ1) is 70.4. The van der Waals surface area contributed by atoms with Crippen LogP contribution in [-0.2, 0) is 18.4 Å². The van der Waals surface area contributed by atoms with Crippen molar-refractivity contribution < 1.29 is 32.9 Å². The number of phosphoric ester groups is 1. The van der Waals surface area contributed by atoms with Crippen LogP contribution in [0.5, 0.6) is 0 Å². The van der Waals surface area contributed by atoms with E-state index in [-0.39, 0.29) is 12.5 Å². The fraction of sp³-hybridized carbons (Fsp3) is 0.615. The van der Waals surface area contributed by atoms with Crippen LogP contribution in [0.15, 0.2) is 146 Å². The molecule has 0 heterocycles. The minimum Gasteiger partial charge on any atom is -0.756 e. The van der Waals surface area contributed by atoms with Crippen LogP contribution in [0.2, 0.25) is 0 Å². The number of quaternary nitrogens is 1. The quantitative estimate of drug-likeness (QED) is 0.0272. The highest BCUT2D eigenvalue weighted by molar-refractivity contribution is 7.45. The zero-order chi connectivity index (χ0) is 54.2. The normalized spacial score (nSPS) is 15.0. The van der Waals surface area contributed by atoms with Gasteiger partial charge in [-0.15, -0.1) is 0 Å². The van der Waals surface area contributed by atoms with Crippen LogP contribution in [-0.4, -0.2) is 68.5 Å². The van der Waals surface area contributed by atoms with Gasteiger partial charge in [0.1, 0.15) is 13.2 Å². The summed E-state index contributed by atoms with van der Waals surface area (Å²) in [5.74, 6) is -0.222. The van der Waals surface area contributed by atoms with E-state index in [4.69, 9.17) is 9.05 Å². The number of unbranched alkanes of at least 4 members (excludes halogenated alkanes) is 16. The molecule has 420 valence electrons. The molecule has 0 aromatic rings. The van der Waals surface area contributed by atoms with Gasteiger partial charge in [-0.2, -0.15) is 0 Å². The van der Waals surface area contributed by atoms with Gasteiger partial charge in [-0.05, 0) is 116 Å². The lowest BCUT2D eigenvalue weighted by atomic mass is 10.0. The van der Waals surface area contributed by atoms with Crippen molar-refractivity contribution in [1.82, 2.24) is 5.32 Å². The number of phosphoric acid groups is 1. The lowest BCUT2D eigenvalue weighted by molar-refractivity contribution is -0.870. The topological polar surface area (TPSA) is 108 Å². The number of carbonyl (C=O) groups excluding carboxylic acids is 1. The van der Waals surface area contributed by atoms with Crippen molar-refractivity contribution in [3.8, 4) is 0 Å². The number of nitrogens with one attached hydrogen (secondary N) is 1. The summed E-state index contributed by atoms with van der Waals surface area (Å²) in [6.45, 7) is 4.44. The van der Waals surface area contributed by atoms with Gasteiger partial charge in [0.05, 0.1) is 39.9 Å². The molecule has 0 aliphatic heterocycles.